The van der Waals surface area contributed by atoms with Crippen molar-refractivity contribution < 1.29 is 9.59 Å². The molecule has 1 fully saturated rings. The van der Waals surface area contributed by atoms with Crippen LogP contribution in [0.15, 0.2) is 24.3 Å². The lowest BCUT2D eigenvalue weighted by Gasteiger charge is -2.30. The first-order chi connectivity index (χ1) is 11.5. The van der Waals surface area contributed by atoms with Crippen molar-refractivity contribution >= 4 is 11.8 Å². The lowest BCUT2D eigenvalue weighted by atomic mass is 9.86. The van der Waals surface area contributed by atoms with Gasteiger partial charge in [-0.3, -0.25) is 14.5 Å². The van der Waals surface area contributed by atoms with Crippen molar-refractivity contribution in [1.29, 1.82) is 0 Å². The fraction of sp³-hybridized carbons (Fsp3) is 0.579. The molecule has 1 aliphatic carbocycles. The zero-order chi connectivity index (χ0) is 17.5. The van der Waals surface area contributed by atoms with E-state index in [1.807, 2.05) is 36.2 Å². The first-order valence-corrected chi connectivity index (χ1v) is 8.78. The maximum atomic E-state index is 12.2. The lowest BCUT2D eigenvalue weighted by Crippen LogP contribution is -2.44. The Balaban J connectivity index is 1.80. The lowest BCUT2D eigenvalue weighted by molar-refractivity contribution is -0.123. The first-order valence-electron chi connectivity index (χ1n) is 8.78. The van der Waals surface area contributed by atoms with Gasteiger partial charge in [0, 0.05) is 25.2 Å². The average Bonchev–Trinajstić information content (AvgIpc) is 2.56. The van der Waals surface area contributed by atoms with Gasteiger partial charge < -0.3 is 10.6 Å². The van der Waals surface area contributed by atoms with E-state index in [1.54, 1.807) is 7.05 Å². The van der Waals surface area contributed by atoms with Gasteiger partial charge in [0.15, 0.2) is 0 Å². The fourth-order valence-corrected chi connectivity index (χ4v) is 3.30. The van der Waals surface area contributed by atoms with E-state index in [2.05, 4.69) is 17.6 Å². The highest BCUT2D eigenvalue weighted by atomic mass is 16.2. The second kappa shape index (κ2) is 8.83. The van der Waals surface area contributed by atoms with Gasteiger partial charge in [0.2, 0.25) is 5.91 Å². The van der Waals surface area contributed by atoms with Crippen molar-refractivity contribution in [2.75, 3.05) is 20.6 Å². The average molecular weight is 331 g/mol. The summed E-state index contributed by atoms with van der Waals surface area (Å²) in [6, 6.07) is 7.81. The Labute approximate surface area is 144 Å². The summed E-state index contributed by atoms with van der Waals surface area (Å²) in [4.78, 5) is 25.8. The van der Waals surface area contributed by atoms with Gasteiger partial charge in [0.1, 0.15) is 0 Å². The van der Waals surface area contributed by atoms with Gasteiger partial charge in [0.05, 0.1) is 6.54 Å². The van der Waals surface area contributed by atoms with Crippen molar-refractivity contribution in [2.24, 2.45) is 5.92 Å². The predicted molar refractivity (Wildman–Crippen MR) is 95.7 cm³/mol. The molecule has 1 aromatic rings. The molecule has 0 aliphatic heterocycles. The third-order valence-electron chi connectivity index (χ3n) is 4.77. The molecule has 2 N–H and O–H groups in total. The summed E-state index contributed by atoms with van der Waals surface area (Å²) in [5, 5.41) is 5.79. The number of nitrogens with zero attached hydrogens (tertiary/aromatic N) is 1. The van der Waals surface area contributed by atoms with Crippen LogP contribution in [0.3, 0.4) is 0 Å². The number of rotatable bonds is 6. The van der Waals surface area contributed by atoms with Crippen molar-refractivity contribution in [3.8, 4) is 0 Å². The standard InChI is InChI=1S/C19H29N3O2/c1-14-6-4-5-7-17(14)21-18(23)13-22(3)12-15-8-10-16(11-9-15)19(24)20-2/h8-11,14,17H,4-7,12-13H2,1-3H3,(H,20,24)(H,21,23)/t14-,17-/m1/s1. The molecule has 1 aliphatic rings. The fourth-order valence-electron chi connectivity index (χ4n) is 3.30. The van der Waals surface area contributed by atoms with Gasteiger partial charge >= 0.3 is 0 Å². The van der Waals surface area contributed by atoms with E-state index in [9.17, 15) is 9.59 Å². The van der Waals surface area contributed by atoms with E-state index < -0.39 is 0 Å². The molecule has 0 aromatic heterocycles. The molecule has 0 saturated heterocycles. The number of carbonyl (C=O) groups is 2. The minimum Gasteiger partial charge on any atom is -0.355 e. The van der Waals surface area contributed by atoms with E-state index in [0.717, 1.165) is 12.0 Å². The summed E-state index contributed by atoms with van der Waals surface area (Å²) in [6.07, 6.45) is 4.79. The van der Waals surface area contributed by atoms with Crippen molar-refractivity contribution in [3.63, 3.8) is 0 Å². The van der Waals surface area contributed by atoms with E-state index in [1.165, 1.54) is 19.3 Å². The molecule has 5 nitrogen and oxygen atoms in total. The van der Waals surface area contributed by atoms with E-state index in [-0.39, 0.29) is 11.8 Å². The van der Waals surface area contributed by atoms with Crippen LogP contribution in [-0.2, 0) is 11.3 Å². The zero-order valence-corrected chi connectivity index (χ0v) is 15.0. The molecule has 0 bridgehead atoms. The number of hydrogen-bond donors (Lipinski definition) is 2. The van der Waals surface area contributed by atoms with Gasteiger partial charge in [-0.2, -0.15) is 0 Å². The van der Waals surface area contributed by atoms with Gasteiger partial charge in [-0.15, -0.1) is 0 Å². The van der Waals surface area contributed by atoms with Gasteiger partial charge in [-0.25, -0.2) is 0 Å². The molecule has 1 saturated carbocycles. The normalized spacial score (nSPS) is 20.7. The van der Waals surface area contributed by atoms with Crippen molar-refractivity contribution in [3.05, 3.63) is 35.4 Å². The van der Waals surface area contributed by atoms with Crippen molar-refractivity contribution in [1.82, 2.24) is 15.5 Å². The van der Waals surface area contributed by atoms with Gasteiger partial charge in [-0.05, 0) is 43.5 Å². The Kier molecular flexibility index (Phi) is 6.79. The number of carbonyl (C=O) groups excluding carboxylic acids is 2. The predicted octanol–water partition coefficient (Wildman–Crippen LogP) is 2.17. The highest BCUT2D eigenvalue weighted by Crippen LogP contribution is 2.23. The summed E-state index contributed by atoms with van der Waals surface area (Å²) >= 11 is 0. The van der Waals surface area contributed by atoms with Crippen LogP contribution in [0.4, 0.5) is 0 Å². The second-order valence-electron chi connectivity index (χ2n) is 6.88. The summed E-state index contributed by atoms with van der Waals surface area (Å²) in [5.74, 6) is 0.583. The van der Waals surface area contributed by atoms with Crippen LogP contribution in [0.5, 0.6) is 0 Å². The Morgan fingerprint density at radius 1 is 1.17 bits per heavy atom. The Morgan fingerprint density at radius 3 is 2.46 bits per heavy atom. The molecule has 0 spiro atoms. The Bertz CT molecular complexity index is 556. The molecule has 5 heteroatoms. The van der Waals surface area contributed by atoms with E-state index >= 15 is 0 Å². The highest BCUT2D eigenvalue weighted by molar-refractivity contribution is 5.93. The highest BCUT2D eigenvalue weighted by Gasteiger charge is 2.23. The van der Waals surface area contributed by atoms with Gasteiger partial charge in [-0.1, -0.05) is 31.9 Å². The maximum absolute atomic E-state index is 12.2. The third-order valence-corrected chi connectivity index (χ3v) is 4.77. The number of likely N-dealkylation sites (N-methyl/N-ethyl adjacent to an activating group) is 1. The topological polar surface area (TPSA) is 61.4 Å². The van der Waals surface area contributed by atoms with E-state index in [4.69, 9.17) is 0 Å². The molecule has 0 unspecified atom stereocenters. The summed E-state index contributed by atoms with van der Waals surface area (Å²) in [5.41, 5.74) is 1.73. The van der Waals surface area contributed by atoms with Crippen LogP contribution in [-0.4, -0.2) is 43.4 Å². The molecule has 24 heavy (non-hydrogen) atoms. The molecular formula is C19H29N3O2. The zero-order valence-electron chi connectivity index (χ0n) is 15.0. The SMILES string of the molecule is CNC(=O)c1ccc(CN(C)CC(=O)N[C@@H]2CCCC[C@H]2C)cc1. The molecule has 2 amide bonds. The second-order valence-corrected chi connectivity index (χ2v) is 6.88. The van der Waals surface area contributed by atoms with E-state index in [0.29, 0.717) is 30.6 Å². The smallest absolute Gasteiger partial charge is 0.251 e. The molecule has 0 radical (unpaired) electrons. The number of nitrogens with one attached hydrogen (secondary N) is 2. The first kappa shape index (κ1) is 18.5. The molecule has 132 valence electrons. The molecule has 1 aromatic carbocycles. The van der Waals surface area contributed by atoms with Crippen LogP contribution in [0, 0.1) is 5.92 Å². The van der Waals surface area contributed by atoms with Crippen LogP contribution >= 0.6 is 0 Å². The summed E-state index contributed by atoms with van der Waals surface area (Å²) < 4.78 is 0. The third kappa shape index (κ3) is 5.34. The number of amides is 2. The molecule has 0 heterocycles. The van der Waals surface area contributed by atoms with Crippen molar-refractivity contribution in [2.45, 2.75) is 45.2 Å². The van der Waals surface area contributed by atoms with Crippen LogP contribution in [0.25, 0.3) is 0 Å². The molecule has 2 rings (SSSR count). The van der Waals surface area contributed by atoms with Gasteiger partial charge in [0.25, 0.3) is 5.91 Å². The minimum atomic E-state index is -0.0871. The number of benzene rings is 1. The van der Waals surface area contributed by atoms with Crippen LogP contribution < -0.4 is 10.6 Å². The molecule has 2 atom stereocenters. The van der Waals surface area contributed by atoms with Crippen LogP contribution in [0.2, 0.25) is 0 Å². The Morgan fingerprint density at radius 2 is 1.83 bits per heavy atom. The molecular weight excluding hydrogens is 302 g/mol. The quantitative estimate of drug-likeness (QED) is 0.840. The van der Waals surface area contributed by atoms with Crippen LogP contribution in [0.1, 0.15) is 48.5 Å². The minimum absolute atomic E-state index is 0.0871. The largest absolute Gasteiger partial charge is 0.355 e. The maximum Gasteiger partial charge on any atom is 0.251 e. The summed E-state index contributed by atoms with van der Waals surface area (Å²) in [6.45, 7) is 3.30. The monoisotopic (exact) mass is 331 g/mol. The summed E-state index contributed by atoms with van der Waals surface area (Å²) in [7, 11) is 3.56. The Hall–Kier alpha value is -1.88. The number of hydrogen-bond acceptors (Lipinski definition) is 3.